The van der Waals surface area contributed by atoms with Crippen molar-refractivity contribution >= 4 is 17.6 Å². The summed E-state index contributed by atoms with van der Waals surface area (Å²) >= 11 is 0. The van der Waals surface area contributed by atoms with Gasteiger partial charge in [-0.15, -0.1) is 0 Å². The number of nitrogens with one attached hydrogen (secondary N) is 1. The Balaban J connectivity index is 1.70. The maximum atomic E-state index is 12.9. The Labute approximate surface area is 140 Å². The molecule has 0 saturated heterocycles. The van der Waals surface area contributed by atoms with E-state index in [9.17, 15) is 9.59 Å². The van der Waals surface area contributed by atoms with Crippen molar-refractivity contribution in [2.24, 2.45) is 5.41 Å². The molecule has 0 unspecified atom stereocenters. The van der Waals surface area contributed by atoms with Gasteiger partial charge in [0.05, 0.1) is 0 Å². The fourth-order valence-corrected chi connectivity index (χ4v) is 2.76. The minimum atomic E-state index is -0.961. The predicted octanol–water partition coefficient (Wildman–Crippen LogP) is 2.75. The molecule has 2 aromatic rings. The lowest BCUT2D eigenvalue weighted by atomic mass is 10.0. The van der Waals surface area contributed by atoms with Crippen LogP contribution >= 0.6 is 0 Å². The summed E-state index contributed by atoms with van der Waals surface area (Å²) in [7, 11) is 0. The quantitative estimate of drug-likeness (QED) is 0.828. The number of hydrogen-bond acceptors (Lipinski definition) is 4. The highest BCUT2D eigenvalue weighted by Crippen LogP contribution is 2.48. The number of nitrogens with zero attached hydrogens (tertiary/aromatic N) is 2. The second-order valence-electron chi connectivity index (χ2n) is 6.16. The summed E-state index contributed by atoms with van der Waals surface area (Å²) in [6.07, 6.45) is 1.14. The molecule has 1 aliphatic carbocycles. The summed E-state index contributed by atoms with van der Waals surface area (Å²) in [6, 6.07) is 11.4. The van der Waals surface area contributed by atoms with Gasteiger partial charge in [-0.1, -0.05) is 35.5 Å². The third kappa shape index (κ3) is 3.18. The standard InChI is InChI=1S/C18H21N3O3/c1-3-21(12-14-7-5-4-6-8-14)17(23)18(9-10-18)16(22)19-15-11-13(2)24-20-15/h4-8,11H,3,9-10,12H2,1-2H3,(H,19,20,22). The molecule has 3 rings (SSSR count). The van der Waals surface area contributed by atoms with Gasteiger partial charge in [-0.05, 0) is 32.3 Å². The van der Waals surface area contributed by atoms with Gasteiger partial charge in [0, 0.05) is 19.2 Å². The molecule has 1 saturated carbocycles. The van der Waals surface area contributed by atoms with E-state index in [0.29, 0.717) is 37.5 Å². The van der Waals surface area contributed by atoms with Crippen molar-refractivity contribution < 1.29 is 14.1 Å². The van der Waals surface area contributed by atoms with Gasteiger partial charge < -0.3 is 14.7 Å². The van der Waals surface area contributed by atoms with Crippen LogP contribution in [0.15, 0.2) is 40.9 Å². The van der Waals surface area contributed by atoms with Gasteiger partial charge in [0.25, 0.3) is 0 Å². The Morgan fingerprint density at radius 1 is 1.29 bits per heavy atom. The molecule has 0 radical (unpaired) electrons. The minimum Gasteiger partial charge on any atom is -0.360 e. The van der Waals surface area contributed by atoms with Crippen LogP contribution in [0.5, 0.6) is 0 Å². The van der Waals surface area contributed by atoms with E-state index in [4.69, 9.17) is 4.52 Å². The number of hydrogen-bond donors (Lipinski definition) is 1. The molecule has 126 valence electrons. The molecule has 24 heavy (non-hydrogen) atoms. The molecule has 6 nitrogen and oxygen atoms in total. The normalized spacial score (nSPS) is 14.9. The Morgan fingerprint density at radius 2 is 2.00 bits per heavy atom. The van der Waals surface area contributed by atoms with Crippen molar-refractivity contribution in [3.63, 3.8) is 0 Å². The number of rotatable bonds is 6. The fourth-order valence-electron chi connectivity index (χ4n) is 2.76. The maximum Gasteiger partial charge on any atom is 0.241 e. The molecule has 6 heteroatoms. The Hall–Kier alpha value is -2.63. The van der Waals surface area contributed by atoms with Crippen LogP contribution in [0.1, 0.15) is 31.1 Å². The zero-order chi connectivity index (χ0) is 17.2. The van der Waals surface area contributed by atoms with Gasteiger partial charge in [0.1, 0.15) is 11.2 Å². The molecule has 1 heterocycles. The van der Waals surface area contributed by atoms with Gasteiger partial charge >= 0.3 is 0 Å². The first kappa shape index (κ1) is 16.2. The van der Waals surface area contributed by atoms with Crippen LogP contribution in [0.25, 0.3) is 0 Å². The van der Waals surface area contributed by atoms with Crippen LogP contribution < -0.4 is 5.32 Å². The lowest BCUT2D eigenvalue weighted by molar-refractivity contribution is -0.142. The highest BCUT2D eigenvalue weighted by Gasteiger charge is 2.58. The van der Waals surface area contributed by atoms with Gasteiger partial charge in [0.2, 0.25) is 11.8 Å². The summed E-state index contributed by atoms with van der Waals surface area (Å²) in [6.45, 7) is 4.75. The first-order valence-electron chi connectivity index (χ1n) is 8.13. The van der Waals surface area contributed by atoms with E-state index in [1.807, 2.05) is 37.3 Å². The SMILES string of the molecule is CCN(Cc1ccccc1)C(=O)C1(C(=O)Nc2cc(C)on2)CC1. The average molecular weight is 327 g/mol. The third-order valence-electron chi connectivity index (χ3n) is 4.35. The van der Waals surface area contributed by atoms with E-state index >= 15 is 0 Å². The van der Waals surface area contributed by atoms with Crippen molar-refractivity contribution in [2.75, 3.05) is 11.9 Å². The molecule has 0 bridgehead atoms. The molecule has 0 atom stereocenters. The van der Waals surface area contributed by atoms with Crippen molar-refractivity contribution in [1.82, 2.24) is 10.1 Å². The van der Waals surface area contributed by atoms with Gasteiger partial charge in [-0.2, -0.15) is 0 Å². The van der Waals surface area contributed by atoms with Crippen LogP contribution in [-0.4, -0.2) is 28.4 Å². The molecule has 1 fully saturated rings. The van der Waals surface area contributed by atoms with Crippen LogP contribution in [0, 0.1) is 12.3 Å². The first-order chi connectivity index (χ1) is 11.5. The van der Waals surface area contributed by atoms with Gasteiger partial charge in [-0.25, -0.2) is 0 Å². The van der Waals surface area contributed by atoms with Crippen molar-refractivity contribution in [2.45, 2.75) is 33.2 Å². The molecular weight excluding hydrogens is 306 g/mol. The number of amides is 2. The van der Waals surface area contributed by atoms with Crippen molar-refractivity contribution in [3.8, 4) is 0 Å². The average Bonchev–Trinajstić information content (AvgIpc) is 3.31. The highest BCUT2D eigenvalue weighted by atomic mass is 16.5. The monoisotopic (exact) mass is 327 g/mol. The van der Waals surface area contributed by atoms with Crippen LogP contribution in [0.2, 0.25) is 0 Å². The lowest BCUT2D eigenvalue weighted by Gasteiger charge is -2.25. The Morgan fingerprint density at radius 3 is 2.54 bits per heavy atom. The number of aromatic nitrogens is 1. The van der Waals surface area contributed by atoms with Crippen molar-refractivity contribution in [3.05, 3.63) is 47.7 Å². The Bertz CT molecular complexity index is 735. The number of carbonyl (C=O) groups excluding carboxylic acids is 2. The minimum absolute atomic E-state index is 0.119. The summed E-state index contributed by atoms with van der Waals surface area (Å²) in [5.74, 6) is 0.544. The fraction of sp³-hybridized carbons (Fsp3) is 0.389. The topological polar surface area (TPSA) is 75.4 Å². The Kier molecular flexibility index (Phi) is 4.38. The van der Waals surface area contributed by atoms with Crippen LogP contribution in [0.4, 0.5) is 5.82 Å². The smallest absolute Gasteiger partial charge is 0.241 e. The molecule has 1 aromatic heterocycles. The molecule has 0 spiro atoms. The number of benzene rings is 1. The molecule has 1 aromatic carbocycles. The van der Waals surface area contributed by atoms with Crippen LogP contribution in [-0.2, 0) is 16.1 Å². The first-order valence-corrected chi connectivity index (χ1v) is 8.13. The largest absolute Gasteiger partial charge is 0.360 e. The maximum absolute atomic E-state index is 12.9. The zero-order valence-electron chi connectivity index (χ0n) is 13.9. The molecule has 1 N–H and O–H groups in total. The van der Waals surface area contributed by atoms with E-state index in [-0.39, 0.29) is 11.8 Å². The highest BCUT2D eigenvalue weighted by molar-refractivity contribution is 6.12. The summed E-state index contributed by atoms with van der Waals surface area (Å²) in [5.41, 5.74) is 0.0912. The van der Waals surface area contributed by atoms with Gasteiger partial charge in [0.15, 0.2) is 5.82 Å². The second-order valence-corrected chi connectivity index (χ2v) is 6.16. The molecular formula is C18H21N3O3. The number of anilines is 1. The zero-order valence-corrected chi connectivity index (χ0v) is 13.9. The lowest BCUT2D eigenvalue weighted by Crippen LogP contribution is -2.42. The molecule has 1 aliphatic rings. The third-order valence-corrected chi connectivity index (χ3v) is 4.35. The summed E-state index contributed by atoms with van der Waals surface area (Å²) < 4.78 is 4.95. The summed E-state index contributed by atoms with van der Waals surface area (Å²) in [5, 5.41) is 6.46. The van der Waals surface area contributed by atoms with E-state index in [1.165, 1.54) is 0 Å². The second kappa shape index (κ2) is 6.47. The molecule has 2 amide bonds. The van der Waals surface area contributed by atoms with Crippen LogP contribution in [0.3, 0.4) is 0 Å². The predicted molar refractivity (Wildman–Crippen MR) is 89.1 cm³/mol. The van der Waals surface area contributed by atoms with E-state index in [2.05, 4.69) is 10.5 Å². The number of carbonyl (C=O) groups is 2. The van der Waals surface area contributed by atoms with E-state index in [0.717, 1.165) is 5.56 Å². The number of aryl methyl sites for hydroxylation is 1. The van der Waals surface area contributed by atoms with Gasteiger partial charge in [-0.3, -0.25) is 9.59 Å². The summed E-state index contributed by atoms with van der Waals surface area (Å²) in [4.78, 5) is 27.2. The molecule has 0 aliphatic heterocycles. The van der Waals surface area contributed by atoms with Crippen molar-refractivity contribution in [1.29, 1.82) is 0 Å². The van der Waals surface area contributed by atoms with E-state index in [1.54, 1.807) is 17.9 Å². The van der Waals surface area contributed by atoms with E-state index < -0.39 is 5.41 Å².